The second-order valence-corrected chi connectivity index (χ2v) is 7.24. The first-order valence-electron chi connectivity index (χ1n) is 7.73. The first-order chi connectivity index (χ1) is 12.4. The van der Waals surface area contributed by atoms with E-state index < -0.39 is 17.9 Å². The molecular formula is C19H15ClFNO3S. The third-order valence-corrected chi connectivity index (χ3v) is 5.41. The van der Waals surface area contributed by atoms with Gasteiger partial charge >= 0.3 is 5.97 Å². The molecule has 0 unspecified atom stereocenters. The highest BCUT2D eigenvalue weighted by Gasteiger charge is 2.29. The number of halogens is 2. The van der Waals surface area contributed by atoms with Gasteiger partial charge in [0.15, 0.2) is 0 Å². The summed E-state index contributed by atoms with van der Waals surface area (Å²) in [4.78, 5) is 26.6. The smallest absolute Gasteiger partial charge is 0.351 e. The van der Waals surface area contributed by atoms with Crippen LogP contribution in [0, 0.1) is 5.82 Å². The number of hydrogen-bond donors (Lipinski definition) is 0. The number of benzene rings is 2. The summed E-state index contributed by atoms with van der Waals surface area (Å²) >= 11 is 7.30. The van der Waals surface area contributed by atoms with Crippen molar-refractivity contribution < 1.29 is 18.7 Å². The Labute approximate surface area is 158 Å². The monoisotopic (exact) mass is 391 g/mol. The van der Waals surface area contributed by atoms with Crippen molar-refractivity contribution in [3.8, 4) is 0 Å². The van der Waals surface area contributed by atoms with Crippen LogP contribution < -0.4 is 0 Å². The molecule has 134 valence electrons. The topological polar surface area (TPSA) is 46.6 Å². The van der Waals surface area contributed by atoms with Gasteiger partial charge in [0.05, 0.1) is 5.02 Å². The van der Waals surface area contributed by atoms with Crippen molar-refractivity contribution in [3.63, 3.8) is 0 Å². The Kier molecular flexibility index (Phi) is 5.25. The van der Waals surface area contributed by atoms with Crippen LogP contribution in [0.5, 0.6) is 0 Å². The second-order valence-electron chi connectivity index (χ2n) is 5.81. The molecule has 1 atom stereocenters. The molecule has 0 N–H and O–H groups in total. The number of amides is 1. The summed E-state index contributed by atoms with van der Waals surface area (Å²) in [7, 11) is 3.17. The number of likely N-dealkylation sites (N-methyl/N-ethyl adjacent to an activating group) is 1. The van der Waals surface area contributed by atoms with Crippen LogP contribution in [0.4, 0.5) is 4.39 Å². The molecule has 1 heterocycles. The van der Waals surface area contributed by atoms with Crippen LogP contribution in [0.3, 0.4) is 0 Å². The minimum atomic E-state index is -1.09. The van der Waals surface area contributed by atoms with Crippen molar-refractivity contribution in [1.82, 2.24) is 4.90 Å². The molecule has 2 aromatic carbocycles. The number of nitrogens with zero attached hydrogens (tertiary/aromatic N) is 1. The number of carbonyl (C=O) groups excluding carboxylic acids is 2. The largest absolute Gasteiger partial charge is 0.443 e. The van der Waals surface area contributed by atoms with Gasteiger partial charge < -0.3 is 9.64 Å². The summed E-state index contributed by atoms with van der Waals surface area (Å²) in [5.74, 6) is -1.51. The predicted octanol–water partition coefficient (Wildman–Crippen LogP) is 4.68. The van der Waals surface area contributed by atoms with Crippen LogP contribution in [-0.2, 0) is 9.53 Å². The van der Waals surface area contributed by atoms with E-state index in [2.05, 4.69) is 0 Å². The summed E-state index contributed by atoms with van der Waals surface area (Å²) in [6.45, 7) is 0. The van der Waals surface area contributed by atoms with E-state index in [4.69, 9.17) is 16.3 Å². The molecule has 1 amide bonds. The van der Waals surface area contributed by atoms with E-state index in [1.165, 1.54) is 23.1 Å². The van der Waals surface area contributed by atoms with Crippen LogP contribution in [0.2, 0.25) is 5.02 Å². The van der Waals surface area contributed by atoms with Gasteiger partial charge in [0, 0.05) is 29.7 Å². The molecule has 4 nitrogen and oxygen atoms in total. The molecule has 0 spiro atoms. The van der Waals surface area contributed by atoms with Crippen LogP contribution >= 0.6 is 22.9 Å². The second kappa shape index (κ2) is 7.43. The van der Waals surface area contributed by atoms with Gasteiger partial charge in [0.25, 0.3) is 5.91 Å². The number of ether oxygens (including phenoxy) is 1. The number of esters is 1. The van der Waals surface area contributed by atoms with Crippen molar-refractivity contribution in [2.24, 2.45) is 0 Å². The van der Waals surface area contributed by atoms with E-state index in [1.807, 2.05) is 0 Å². The Hall–Kier alpha value is -2.44. The molecule has 0 bridgehead atoms. The molecule has 0 fully saturated rings. The lowest BCUT2D eigenvalue weighted by molar-refractivity contribution is -0.138. The first kappa shape index (κ1) is 18.4. The maximum Gasteiger partial charge on any atom is 0.351 e. The van der Waals surface area contributed by atoms with Crippen molar-refractivity contribution in [3.05, 3.63) is 69.8 Å². The van der Waals surface area contributed by atoms with Crippen LogP contribution in [-0.4, -0.2) is 30.9 Å². The number of rotatable bonds is 4. The van der Waals surface area contributed by atoms with Gasteiger partial charge in [-0.05, 0) is 18.2 Å². The maximum absolute atomic E-state index is 13.4. The lowest BCUT2D eigenvalue weighted by Crippen LogP contribution is -2.31. The highest BCUT2D eigenvalue weighted by molar-refractivity contribution is 7.21. The number of thiophene rings is 1. The molecule has 0 radical (unpaired) electrons. The van der Waals surface area contributed by atoms with Crippen LogP contribution in [0.1, 0.15) is 21.3 Å². The summed E-state index contributed by atoms with van der Waals surface area (Å²) in [5, 5.41) is 0.763. The molecule has 1 aromatic heterocycles. The lowest BCUT2D eigenvalue weighted by atomic mass is 10.1. The molecule has 0 aliphatic heterocycles. The van der Waals surface area contributed by atoms with Crippen LogP contribution in [0.25, 0.3) is 10.1 Å². The molecule has 0 aliphatic rings. The van der Waals surface area contributed by atoms with E-state index in [-0.39, 0.29) is 15.8 Å². The quantitative estimate of drug-likeness (QED) is 0.606. The summed E-state index contributed by atoms with van der Waals surface area (Å²) < 4.78 is 19.4. The van der Waals surface area contributed by atoms with Gasteiger partial charge in [-0.3, -0.25) is 4.79 Å². The van der Waals surface area contributed by atoms with Gasteiger partial charge in [-0.1, -0.05) is 41.9 Å². The zero-order valence-corrected chi connectivity index (χ0v) is 15.6. The predicted molar refractivity (Wildman–Crippen MR) is 100 cm³/mol. The standard InChI is InChI=1S/C19H15ClFNO3S/c1-22(2)18(23)16(11-6-4-3-5-7-11)25-19(24)17-15(20)13-9-8-12(21)10-14(13)26-17/h3-10,16H,1-2H3/t16-/m0/s1. The Balaban J connectivity index is 1.95. The minimum Gasteiger partial charge on any atom is -0.443 e. The number of carbonyl (C=O) groups is 2. The van der Waals surface area contributed by atoms with Crippen molar-refractivity contribution in [1.29, 1.82) is 0 Å². The number of fused-ring (bicyclic) bond motifs is 1. The average molecular weight is 392 g/mol. The van der Waals surface area contributed by atoms with E-state index in [0.29, 0.717) is 15.6 Å². The van der Waals surface area contributed by atoms with E-state index in [9.17, 15) is 14.0 Å². The van der Waals surface area contributed by atoms with Crippen molar-refractivity contribution in [2.75, 3.05) is 14.1 Å². The number of hydrogen-bond acceptors (Lipinski definition) is 4. The maximum atomic E-state index is 13.4. The molecule has 3 rings (SSSR count). The Morgan fingerprint density at radius 2 is 1.85 bits per heavy atom. The molecule has 26 heavy (non-hydrogen) atoms. The molecule has 0 saturated carbocycles. The third kappa shape index (κ3) is 3.57. The van der Waals surface area contributed by atoms with Gasteiger partial charge in [0.2, 0.25) is 6.10 Å². The fourth-order valence-electron chi connectivity index (χ4n) is 2.45. The summed E-state index contributed by atoms with van der Waals surface area (Å²) in [6, 6.07) is 12.8. The van der Waals surface area contributed by atoms with Gasteiger partial charge in [-0.2, -0.15) is 0 Å². The van der Waals surface area contributed by atoms with E-state index in [1.54, 1.807) is 44.4 Å². The fourth-order valence-corrected chi connectivity index (χ4v) is 3.87. The molecule has 0 saturated heterocycles. The molecule has 3 aromatic rings. The molecular weight excluding hydrogens is 377 g/mol. The van der Waals surface area contributed by atoms with Gasteiger partial charge in [0.1, 0.15) is 10.7 Å². The first-order valence-corrected chi connectivity index (χ1v) is 8.92. The minimum absolute atomic E-state index is 0.139. The fraction of sp³-hybridized carbons (Fsp3) is 0.158. The highest BCUT2D eigenvalue weighted by atomic mass is 35.5. The third-order valence-electron chi connectivity index (χ3n) is 3.77. The molecule has 0 aliphatic carbocycles. The highest BCUT2D eigenvalue weighted by Crippen LogP contribution is 2.37. The average Bonchev–Trinajstić information content (AvgIpc) is 2.95. The Morgan fingerprint density at radius 3 is 2.50 bits per heavy atom. The van der Waals surface area contributed by atoms with Crippen molar-refractivity contribution >= 4 is 44.9 Å². The zero-order valence-electron chi connectivity index (χ0n) is 14.0. The van der Waals surface area contributed by atoms with Crippen molar-refractivity contribution in [2.45, 2.75) is 6.10 Å². The Bertz CT molecular complexity index is 972. The molecule has 7 heteroatoms. The lowest BCUT2D eigenvalue weighted by Gasteiger charge is -2.21. The SMILES string of the molecule is CN(C)C(=O)[C@@H](OC(=O)c1sc2cc(F)ccc2c1Cl)c1ccccc1. The van der Waals surface area contributed by atoms with E-state index >= 15 is 0 Å². The van der Waals surface area contributed by atoms with E-state index in [0.717, 1.165) is 11.3 Å². The zero-order chi connectivity index (χ0) is 18.8. The normalized spacial score (nSPS) is 12.0. The Morgan fingerprint density at radius 1 is 1.15 bits per heavy atom. The van der Waals surface area contributed by atoms with Gasteiger partial charge in [-0.25, -0.2) is 9.18 Å². The summed E-state index contributed by atoms with van der Waals surface area (Å²) in [5.41, 5.74) is 0.558. The van der Waals surface area contributed by atoms with Gasteiger partial charge in [-0.15, -0.1) is 11.3 Å². The van der Waals surface area contributed by atoms with Crippen LogP contribution in [0.15, 0.2) is 48.5 Å². The summed E-state index contributed by atoms with van der Waals surface area (Å²) in [6.07, 6.45) is -1.09.